The van der Waals surface area contributed by atoms with Crippen LogP contribution in [0.1, 0.15) is 11.1 Å². The van der Waals surface area contributed by atoms with Gasteiger partial charge in [-0.15, -0.1) is 0 Å². The van der Waals surface area contributed by atoms with Gasteiger partial charge in [-0.1, -0.05) is 29.5 Å². The Labute approximate surface area is 131 Å². The van der Waals surface area contributed by atoms with E-state index in [1.54, 1.807) is 12.1 Å². The minimum atomic E-state index is -0.515. The van der Waals surface area contributed by atoms with Crippen LogP contribution in [0.5, 0.6) is 0 Å². The highest BCUT2D eigenvalue weighted by atomic mass is 32.1. The summed E-state index contributed by atoms with van der Waals surface area (Å²) in [5, 5.41) is 5.60. The Hall–Kier alpha value is -2.47. The third-order valence-electron chi connectivity index (χ3n) is 3.17. The number of thiazole rings is 1. The minimum Gasteiger partial charge on any atom is -0.305 e. The molecule has 1 heterocycles. The molecule has 0 aliphatic carbocycles. The number of aryl methyl sites for hydroxylation is 2. The molecule has 0 spiro atoms. The molecule has 6 heteroatoms. The number of rotatable bonds is 2. The summed E-state index contributed by atoms with van der Waals surface area (Å²) in [7, 11) is 0. The second-order valence-corrected chi connectivity index (χ2v) is 6.04. The Kier molecular flexibility index (Phi) is 3.77. The highest BCUT2D eigenvalue weighted by molar-refractivity contribution is 7.22. The molecular weight excluding hydrogens is 301 g/mol. The van der Waals surface area contributed by atoms with Crippen LogP contribution in [-0.4, -0.2) is 11.0 Å². The van der Waals surface area contributed by atoms with E-state index in [1.807, 2.05) is 26.0 Å². The zero-order valence-corrected chi connectivity index (χ0v) is 12.9. The zero-order chi connectivity index (χ0) is 15.7. The summed E-state index contributed by atoms with van der Waals surface area (Å²) < 4.78 is 14.5. The molecule has 3 aromatic rings. The number of carbonyl (C=O) groups excluding carboxylic acids is 1. The van der Waals surface area contributed by atoms with Crippen molar-refractivity contribution in [2.75, 3.05) is 10.6 Å². The lowest BCUT2D eigenvalue weighted by molar-refractivity contribution is 0.262. The Morgan fingerprint density at radius 1 is 1.18 bits per heavy atom. The molecule has 1 aromatic heterocycles. The molecule has 0 aliphatic rings. The van der Waals surface area contributed by atoms with E-state index >= 15 is 0 Å². The van der Waals surface area contributed by atoms with Gasteiger partial charge in [0.1, 0.15) is 5.82 Å². The molecule has 0 bridgehead atoms. The van der Waals surface area contributed by atoms with E-state index < -0.39 is 11.8 Å². The van der Waals surface area contributed by atoms with E-state index in [0.29, 0.717) is 5.13 Å². The summed E-state index contributed by atoms with van der Waals surface area (Å²) in [6.07, 6.45) is 0. The molecule has 2 amide bonds. The van der Waals surface area contributed by atoms with Crippen molar-refractivity contribution < 1.29 is 9.18 Å². The third kappa shape index (κ3) is 2.92. The summed E-state index contributed by atoms with van der Waals surface area (Å²) in [6, 6.07) is 9.57. The predicted molar refractivity (Wildman–Crippen MR) is 88.1 cm³/mol. The molecule has 2 N–H and O–H groups in total. The monoisotopic (exact) mass is 315 g/mol. The molecule has 0 saturated carbocycles. The first-order valence-corrected chi connectivity index (χ1v) is 7.55. The second kappa shape index (κ2) is 5.73. The molecule has 0 atom stereocenters. The Balaban J connectivity index is 1.80. The van der Waals surface area contributed by atoms with Gasteiger partial charge in [-0.2, -0.15) is 0 Å². The van der Waals surface area contributed by atoms with Crippen LogP contribution >= 0.6 is 11.3 Å². The molecule has 0 radical (unpaired) electrons. The number of carbonyl (C=O) groups is 1. The number of amides is 2. The largest absolute Gasteiger partial charge is 0.325 e. The third-order valence-corrected chi connectivity index (χ3v) is 4.09. The lowest BCUT2D eigenvalue weighted by Crippen LogP contribution is -2.19. The molecule has 22 heavy (non-hydrogen) atoms. The van der Waals surface area contributed by atoms with Gasteiger partial charge in [0, 0.05) is 0 Å². The number of hydrogen-bond acceptors (Lipinski definition) is 3. The van der Waals surface area contributed by atoms with Crippen molar-refractivity contribution in [3.05, 3.63) is 53.3 Å². The molecule has 2 aromatic carbocycles. The van der Waals surface area contributed by atoms with E-state index in [9.17, 15) is 9.18 Å². The van der Waals surface area contributed by atoms with Crippen LogP contribution in [0.2, 0.25) is 0 Å². The number of para-hydroxylation sites is 1. The molecule has 112 valence electrons. The van der Waals surface area contributed by atoms with Crippen LogP contribution in [0.3, 0.4) is 0 Å². The number of benzene rings is 2. The average Bonchev–Trinajstić information content (AvgIpc) is 2.84. The van der Waals surface area contributed by atoms with Crippen LogP contribution in [0, 0.1) is 19.7 Å². The van der Waals surface area contributed by atoms with Crippen LogP contribution in [0.25, 0.3) is 10.2 Å². The van der Waals surface area contributed by atoms with Gasteiger partial charge in [0.15, 0.2) is 5.13 Å². The number of nitrogens with one attached hydrogen (secondary N) is 2. The Morgan fingerprint density at radius 2 is 1.95 bits per heavy atom. The number of aromatic nitrogens is 1. The summed E-state index contributed by atoms with van der Waals surface area (Å²) >= 11 is 1.39. The molecule has 0 fully saturated rings. The predicted octanol–water partition coefficient (Wildman–Crippen LogP) is 4.70. The van der Waals surface area contributed by atoms with Gasteiger partial charge in [0.25, 0.3) is 0 Å². The fourth-order valence-electron chi connectivity index (χ4n) is 2.24. The fourth-order valence-corrected chi connectivity index (χ4v) is 3.27. The summed E-state index contributed by atoms with van der Waals surface area (Å²) in [5.74, 6) is -0.478. The molecule has 3 rings (SSSR count). The molecular formula is C16H14FN3OS. The first-order valence-electron chi connectivity index (χ1n) is 6.73. The Morgan fingerprint density at radius 3 is 2.73 bits per heavy atom. The van der Waals surface area contributed by atoms with Gasteiger partial charge in [0.2, 0.25) is 0 Å². The van der Waals surface area contributed by atoms with Crippen molar-refractivity contribution in [1.82, 2.24) is 4.98 Å². The van der Waals surface area contributed by atoms with E-state index in [2.05, 4.69) is 15.6 Å². The number of anilines is 2. The van der Waals surface area contributed by atoms with Crippen molar-refractivity contribution >= 4 is 38.4 Å². The zero-order valence-electron chi connectivity index (χ0n) is 12.1. The van der Waals surface area contributed by atoms with Crippen LogP contribution < -0.4 is 10.6 Å². The maximum atomic E-state index is 13.5. The van der Waals surface area contributed by atoms with Gasteiger partial charge < -0.3 is 5.32 Å². The topological polar surface area (TPSA) is 54.0 Å². The second-order valence-electron chi connectivity index (χ2n) is 5.01. The van der Waals surface area contributed by atoms with Gasteiger partial charge in [0.05, 0.1) is 15.9 Å². The first kappa shape index (κ1) is 14.5. The standard InChI is InChI=1S/C16H14FN3OS/c1-9-7-10(2)14-13(8-9)22-16(19-14)20-15(21)18-12-6-4-3-5-11(12)17/h3-8H,1-2H3,(H2,18,19,20,21). The number of hydrogen-bond donors (Lipinski definition) is 2. The van der Waals surface area contributed by atoms with Crippen molar-refractivity contribution in [1.29, 1.82) is 0 Å². The van der Waals surface area contributed by atoms with Crippen molar-refractivity contribution in [2.24, 2.45) is 0 Å². The summed E-state index contributed by atoms with van der Waals surface area (Å²) in [5.41, 5.74) is 3.22. The molecule has 4 nitrogen and oxygen atoms in total. The van der Waals surface area contributed by atoms with Crippen LogP contribution in [0.4, 0.5) is 20.0 Å². The van der Waals surface area contributed by atoms with Gasteiger partial charge in [-0.25, -0.2) is 14.2 Å². The fraction of sp³-hybridized carbons (Fsp3) is 0.125. The maximum Gasteiger partial charge on any atom is 0.325 e. The summed E-state index contributed by atoms with van der Waals surface area (Å²) in [6.45, 7) is 4.00. The first-order chi connectivity index (χ1) is 10.5. The van der Waals surface area contributed by atoms with E-state index in [4.69, 9.17) is 0 Å². The molecule has 0 saturated heterocycles. The van der Waals surface area contributed by atoms with Crippen molar-refractivity contribution in [2.45, 2.75) is 13.8 Å². The normalized spacial score (nSPS) is 10.7. The maximum absolute atomic E-state index is 13.5. The number of nitrogens with zero attached hydrogens (tertiary/aromatic N) is 1. The van der Waals surface area contributed by atoms with E-state index in [1.165, 1.54) is 23.5 Å². The van der Waals surface area contributed by atoms with Gasteiger partial charge in [-0.05, 0) is 43.2 Å². The van der Waals surface area contributed by atoms with Crippen LogP contribution in [-0.2, 0) is 0 Å². The number of fused-ring (bicyclic) bond motifs is 1. The lowest BCUT2D eigenvalue weighted by atomic mass is 10.1. The van der Waals surface area contributed by atoms with Gasteiger partial charge >= 0.3 is 6.03 Å². The number of urea groups is 1. The number of halogens is 1. The molecule has 0 unspecified atom stereocenters. The summed E-state index contributed by atoms with van der Waals surface area (Å²) in [4.78, 5) is 16.4. The SMILES string of the molecule is Cc1cc(C)c2nc(NC(=O)Nc3ccccc3F)sc2c1. The Bertz CT molecular complexity index is 860. The van der Waals surface area contributed by atoms with E-state index in [-0.39, 0.29) is 5.69 Å². The van der Waals surface area contributed by atoms with E-state index in [0.717, 1.165) is 21.3 Å². The van der Waals surface area contributed by atoms with Crippen LogP contribution in [0.15, 0.2) is 36.4 Å². The lowest BCUT2D eigenvalue weighted by Gasteiger charge is -2.05. The van der Waals surface area contributed by atoms with Gasteiger partial charge in [-0.3, -0.25) is 5.32 Å². The van der Waals surface area contributed by atoms with Crippen molar-refractivity contribution in [3.8, 4) is 0 Å². The highest BCUT2D eigenvalue weighted by Gasteiger charge is 2.11. The molecule has 0 aliphatic heterocycles. The minimum absolute atomic E-state index is 0.133. The highest BCUT2D eigenvalue weighted by Crippen LogP contribution is 2.29. The quantitative estimate of drug-likeness (QED) is 0.720. The smallest absolute Gasteiger partial charge is 0.305 e. The average molecular weight is 315 g/mol. The van der Waals surface area contributed by atoms with Crippen molar-refractivity contribution in [3.63, 3.8) is 0 Å².